The van der Waals surface area contributed by atoms with Gasteiger partial charge < -0.3 is 9.88 Å². The highest BCUT2D eigenvalue weighted by molar-refractivity contribution is 5.97. The third-order valence-corrected chi connectivity index (χ3v) is 4.49. The van der Waals surface area contributed by atoms with Crippen molar-refractivity contribution in [2.75, 3.05) is 11.4 Å². The summed E-state index contributed by atoms with van der Waals surface area (Å²) in [6.45, 7) is 0.824. The number of aromatic nitrogens is 2. The van der Waals surface area contributed by atoms with E-state index in [2.05, 4.69) is 22.1 Å². The topological polar surface area (TPSA) is 49.0 Å². The summed E-state index contributed by atoms with van der Waals surface area (Å²) in [7, 11) is 0. The first-order valence-corrected chi connectivity index (χ1v) is 7.23. The number of benzene rings is 1. The monoisotopic (exact) mass is 303 g/mol. The Balaban J connectivity index is 0.00000132. The fraction of sp³-hybridized carbons (Fsp3) is 0.375. The van der Waals surface area contributed by atoms with Gasteiger partial charge in [0.25, 0.3) is 0 Å². The number of carbonyl (C=O) groups excluding carboxylic acids is 1. The van der Waals surface area contributed by atoms with Gasteiger partial charge in [0.15, 0.2) is 0 Å². The maximum atomic E-state index is 12.8. The molecule has 2 aliphatic rings. The van der Waals surface area contributed by atoms with Crippen molar-refractivity contribution < 1.29 is 4.79 Å². The quantitative estimate of drug-likeness (QED) is 0.880. The Kier molecular flexibility index (Phi) is 3.72. The van der Waals surface area contributed by atoms with E-state index in [9.17, 15) is 4.79 Å². The standard InChI is InChI=1S/C16H17N3O.ClH/c20-16(12-5-6-13-14(9-12)18-10-17-13)19-8-7-11-3-1-2-4-15(11)19;/h1-4,10,12H,5-9H2,(H,17,18);1H. The molecule has 0 saturated heterocycles. The zero-order valence-electron chi connectivity index (χ0n) is 11.7. The van der Waals surface area contributed by atoms with Gasteiger partial charge in [-0.15, -0.1) is 12.4 Å². The van der Waals surface area contributed by atoms with Gasteiger partial charge in [0.1, 0.15) is 0 Å². The number of H-pyrrole nitrogens is 1. The molecule has 4 rings (SSSR count). The van der Waals surface area contributed by atoms with Crippen LogP contribution in [0.3, 0.4) is 0 Å². The molecule has 5 heteroatoms. The lowest BCUT2D eigenvalue weighted by molar-refractivity contribution is -0.122. The molecule has 0 fully saturated rings. The molecule has 4 nitrogen and oxygen atoms in total. The summed E-state index contributed by atoms with van der Waals surface area (Å²) in [4.78, 5) is 22.2. The number of halogens is 1. The van der Waals surface area contributed by atoms with E-state index >= 15 is 0 Å². The highest BCUT2D eigenvalue weighted by Crippen LogP contribution is 2.31. The van der Waals surface area contributed by atoms with Gasteiger partial charge in [-0.05, 0) is 30.9 Å². The van der Waals surface area contributed by atoms with Gasteiger partial charge in [0.2, 0.25) is 5.91 Å². The van der Waals surface area contributed by atoms with Gasteiger partial charge in [-0.1, -0.05) is 18.2 Å². The van der Waals surface area contributed by atoms with Crippen LogP contribution in [-0.2, 0) is 24.1 Å². The fourth-order valence-corrected chi connectivity index (χ4v) is 3.40. The number of aromatic amines is 1. The Hall–Kier alpha value is -1.81. The van der Waals surface area contributed by atoms with Gasteiger partial charge in [0, 0.05) is 30.3 Å². The molecule has 1 N–H and O–H groups in total. The first kappa shape index (κ1) is 14.1. The van der Waals surface area contributed by atoms with E-state index in [-0.39, 0.29) is 24.2 Å². The second kappa shape index (κ2) is 5.53. The number of nitrogens with one attached hydrogen (secondary N) is 1. The highest BCUT2D eigenvalue weighted by atomic mass is 35.5. The number of fused-ring (bicyclic) bond motifs is 2. The first-order valence-electron chi connectivity index (χ1n) is 7.23. The lowest BCUT2D eigenvalue weighted by Gasteiger charge is -2.26. The Labute approximate surface area is 130 Å². The molecular formula is C16H18ClN3O. The molecule has 1 atom stereocenters. The van der Waals surface area contributed by atoms with Crippen molar-refractivity contribution >= 4 is 24.0 Å². The van der Waals surface area contributed by atoms with E-state index in [4.69, 9.17) is 0 Å². The summed E-state index contributed by atoms with van der Waals surface area (Å²) in [5, 5.41) is 0. The average molecular weight is 304 g/mol. The van der Waals surface area contributed by atoms with Crippen molar-refractivity contribution in [1.82, 2.24) is 9.97 Å². The SMILES string of the molecule is Cl.O=C(C1CCc2nc[nH]c2C1)N1CCc2ccccc21. The molecule has 1 aliphatic carbocycles. The molecule has 2 heterocycles. The highest BCUT2D eigenvalue weighted by Gasteiger charge is 2.32. The summed E-state index contributed by atoms with van der Waals surface area (Å²) < 4.78 is 0. The first-order chi connectivity index (χ1) is 9.83. The van der Waals surface area contributed by atoms with Gasteiger partial charge in [0.05, 0.1) is 12.0 Å². The van der Waals surface area contributed by atoms with Gasteiger partial charge >= 0.3 is 0 Å². The summed E-state index contributed by atoms with van der Waals surface area (Å²) in [6, 6.07) is 8.24. The van der Waals surface area contributed by atoms with Gasteiger partial charge in [-0.25, -0.2) is 4.98 Å². The van der Waals surface area contributed by atoms with Crippen LogP contribution in [0.15, 0.2) is 30.6 Å². The number of amides is 1. The summed E-state index contributed by atoms with van der Waals surface area (Å²) in [5.74, 6) is 0.365. The van der Waals surface area contributed by atoms with Crippen molar-refractivity contribution in [3.05, 3.63) is 47.5 Å². The van der Waals surface area contributed by atoms with Crippen LogP contribution in [0.1, 0.15) is 23.4 Å². The smallest absolute Gasteiger partial charge is 0.230 e. The Morgan fingerprint density at radius 2 is 2.14 bits per heavy atom. The van der Waals surface area contributed by atoms with E-state index in [0.717, 1.165) is 49.3 Å². The maximum Gasteiger partial charge on any atom is 0.230 e. The molecule has 21 heavy (non-hydrogen) atoms. The summed E-state index contributed by atoms with van der Waals surface area (Å²) >= 11 is 0. The molecular weight excluding hydrogens is 286 g/mol. The second-order valence-electron chi connectivity index (χ2n) is 5.64. The van der Waals surface area contributed by atoms with E-state index in [1.54, 1.807) is 6.33 Å². The van der Waals surface area contributed by atoms with Crippen molar-refractivity contribution in [3.8, 4) is 0 Å². The molecule has 0 saturated carbocycles. The van der Waals surface area contributed by atoms with Crippen LogP contribution >= 0.6 is 12.4 Å². The van der Waals surface area contributed by atoms with Crippen LogP contribution in [0.25, 0.3) is 0 Å². The normalized spacial score (nSPS) is 19.6. The molecule has 1 unspecified atom stereocenters. The van der Waals surface area contributed by atoms with Gasteiger partial charge in [-0.3, -0.25) is 4.79 Å². The minimum Gasteiger partial charge on any atom is -0.348 e. The molecule has 1 aromatic carbocycles. The molecule has 1 amide bonds. The number of imidazole rings is 1. The molecule has 0 spiro atoms. The third kappa shape index (κ3) is 2.33. The van der Waals surface area contributed by atoms with Crippen LogP contribution in [0.5, 0.6) is 0 Å². The number of para-hydroxylation sites is 1. The van der Waals surface area contributed by atoms with Gasteiger partial charge in [-0.2, -0.15) is 0 Å². The minimum atomic E-state index is 0. The van der Waals surface area contributed by atoms with Crippen molar-refractivity contribution in [1.29, 1.82) is 0 Å². The molecule has 1 aliphatic heterocycles. The minimum absolute atomic E-state index is 0. The molecule has 0 radical (unpaired) electrons. The zero-order chi connectivity index (χ0) is 13.5. The number of anilines is 1. The predicted octanol–water partition coefficient (Wildman–Crippen LogP) is 2.53. The second-order valence-corrected chi connectivity index (χ2v) is 5.64. The number of nitrogens with zero attached hydrogens (tertiary/aromatic N) is 2. The van der Waals surface area contributed by atoms with Crippen LogP contribution in [-0.4, -0.2) is 22.4 Å². The molecule has 2 aromatic rings. The average Bonchev–Trinajstić information content (AvgIpc) is 3.12. The Morgan fingerprint density at radius 1 is 1.29 bits per heavy atom. The van der Waals surface area contributed by atoms with Crippen molar-refractivity contribution in [3.63, 3.8) is 0 Å². The largest absolute Gasteiger partial charge is 0.348 e. The van der Waals surface area contributed by atoms with Crippen LogP contribution in [0.2, 0.25) is 0 Å². The number of hydrogen-bond donors (Lipinski definition) is 1. The molecule has 1 aromatic heterocycles. The maximum absolute atomic E-state index is 12.8. The predicted molar refractivity (Wildman–Crippen MR) is 83.8 cm³/mol. The van der Waals surface area contributed by atoms with E-state index in [1.165, 1.54) is 5.56 Å². The van der Waals surface area contributed by atoms with Crippen molar-refractivity contribution in [2.24, 2.45) is 5.92 Å². The number of rotatable bonds is 1. The lowest BCUT2D eigenvalue weighted by Crippen LogP contribution is -2.37. The molecule has 0 bridgehead atoms. The van der Waals surface area contributed by atoms with Crippen LogP contribution in [0, 0.1) is 5.92 Å². The number of carbonyl (C=O) groups is 1. The summed E-state index contributed by atoms with van der Waals surface area (Å²) in [5.41, 5.74) is 4.67. The zero-order valence-corrected chi connectivity index (χ0v) is 12.5. The number of hydrogen-bond acceptors (Lipinski definition) is 2. The lowest BCUT2D eigenvalue weighted by atomic mass is 9.88. The fourth-order valence-electron chi connectivity index (χ4n) is 3.40. The van der Waals surface area contributed by atoms with Crippen LogP contribution in [0.4, 0.5) is 5.69 Å². The summed E-state index contributed by atoms with van der Waals surface area (Å²) in [6.07, 6.45) is 5.33. The Morgan fingerprint density at radius 3 is 3.05 bits per heavy atom. The van der Waals surface area contributed by atoms with E-state index < -0.39 is 0 Å². The van der Waals surface area contributed by atoms with E-state index in [1.807, 2.05) is 17.0 Å². The third-order valence-electron chi connectivity index (χ3n) is 4.49. The van der Waals surface area contributed by atoms with Crippen LogP contribution < -0.4 is 4.90 Å². The van der Waals surface area contributed by atoms with Crippen molar-refractivity contribution in [2.45, 2.75) is 25.7 Å². The number of aryl methyl sites for hydroxylation is 1. The van der Waals surface area contributed by atoms with E-state index in [0.29, 0.717) is 0 Å². The Bertz CT molecular complexity index is 667. The molecule has 110 valence electrons.